The Balaban J connectivity index is 1.86. The van der Waals surface area contributed by atoms with Gasteiger partial charge in [-0.3, -0.25) is 14.5 Å². The van der Waals surface area contributed by atoms with Crippen LogP contribution < -0.4 is 20.1 Å². The predicted molar refractivity (Wildman–Crippen MR) is 153 cm³/mol. The summed E-state index contributed by atoms with van der Waals surface area (Å²) in [4.78, 5) is 33.0. The Morgan fingerprint density at radius 2 is 1.92 bits per heavy atom. The molecule has 2 N–H and O–H groups in total. The molecule has 9 nitrogen and oxygen atoms in total. The molecule has 0 radical (unpaired) electrons. The van der Waals surface area contributed by atoms with Crippen molar-refractivity contribution in [3.05, 3.63) is 30.0 Å². The van der Waals surface area contributed by atoms with Crippen LogP contribution in [0.2, 0.25) is 0 Å². The number of fused-ring (bicyclic) bond motifs is 1. The zero-order valence-electron chi connectivity index (χ0n) is 24.6. The summed E-state index contributed by atoms with van der Waals surface area (Å²) in [6, 6.07) is 7.63. The first kappa shape index (κ1) is 30.6. The van der Waals surface area contributed by atoms with Crippen LogP contribution in [0.1, 0.15) is 71.3 Å². The standard InChI is InChI=1S/C30H46N4O5/c1-8-21(32-29(36)30(4,5)6)19-39-25-13-9-12-23-26(38-16-15-37-7)17-24(33-27(23)25)28(35)31-22-11-10-14-34(18-22)20(2)3/h9,12-13,17,20-22H,8,10-11,14-16,18-19H2,1-7H3,(H,31,35)(H,32,36)/t21-,22-/m1/s1. The number of hydrogen-bond acceptors (Lipinski definition) is 7. The van der Waals surface area contributed by atoms with E-state index in [-0.39, 0.29) is 36.2 Å². The molecule has 1 aromatic heterocycles. The van der Waals surface area contributed by atoms with Gasteiger partial charge in [-0.05, 0) is 51.8 Å². The van der Waals surface area contributed by atoms with E-state index in [2.05, 4.69) is 29.4 Å². The molecule has 0 aliphatic carbocycles. The molecule has 2 amide bonds. The maximum atomic E-state index is 13.4. The van der Waals surface area contributed by atoms with Gasteiger partial charge in [-0.1, -0.05) is 33.8 Å². The molecule has 2 aromatic rings. The second-order valence-electron chi connectivity index (χ2n) is 11.5. The first-order chi connectivity index (χ1) is 18.5. The van der Waals surface area contributed by atoms with E-state index in [1.165, 1.54) is 0 Å². The second kappa shape index (κ2) is 13.9. The summed E-state index contributed by atoms with van der Waals surface area (Å²) in [6.07, 6.45) is 2.70. The van der Waals surface area contributed by atoms with E-state index in [0.29, 0.717) is 42.7 Å². The van der Waals surface area contributed by atoms with Gasteiger partial charge >= 0.3 is 0 Å². The quantitative estimate of drug-likeness (QED) is 0.388. The van der Waals surface area contributed by atoms with E-state index in [1.807, 2.05) is 45.9 Å². The Hall–Kier alpha value is -2.91. The summed E-state index contributed by atoms with van der Waals surface area (Å²) in [7, 11) is 1.62. The van der Waals surface area contributed by atoms with Crippen molar-refractivity contribution >= 4 is 22.7 Å². The summed E-state index contributed by atoms with van der Waals surface area (Å²) in [5, 5.41) is 6.99. The third kappa shape index (κ3) is 8.54. The molecule has 1 fully saturated rings. The van der Waals surface area contributed by atoms with Crippen molar-refractivity contribution in [2.45, 2.75) is 78.9 Å². The van der Waals surface area contributed by atoms with E-state index >= 15 is 0 Å². The van der Waals surface area contributed by atoms with Crippen LogP contribution in [0, 0.1) is 5.41 Å². The van der Waals surface area contributed by atoms with Crippen molar-refractivity contribution in [3.63, 3.8) is 0 Å². The van der Waals surface area contributed by atoms with Crippen LogP contribution >= 0.6 is 0 Å². The van der Waals surface area contributed by atoms with Crippen LogP contribution in [0.3, 0.4) is 0 Å². The number of para-hydroxylation sites is 1. The SMILES string of the molecule is CC[C@H](COc1cccc2c(OCCOC)cc(C(=O)N[C@@H]3CCCN(C(C)C)C3)nc12)NC(=O)C(C)(C)C. The number of methoxy groups -OCH3 is 1. The zero-order chi connectivity index (χ0) is 28.6. The lowest BCUT2D eigenvalue weighted by molar-refractivity contribution is -0.129. The minimum atomic E-state index is -0.490. The first-order valence-corrected chi connectivity index (χ1v) is 14.1. The summed E-state index contributed by atoms with van der Waals surface area (Å²) in [5.41, 5.74) is 0.332. The fraction of sp³-hybridized carbons (Fsp3) is 0.633. The Morgan fingerprint density at radius 3 is 2.59 bits per heavy atom. The van der Waals surface area contributed by atoms with Crippen LogP contribution in [-0.2, 0) is 9.53 Å². The maximum Gasteiger partial charge on any atom is 0.270 e. The molecule has 216 valence electrons. The van der Waals surface area contributed by atoms with Gasteiger partial charge in [0.1, 0.15) is 35.9 Å². The monoisotopic (exact) mass is 542 g/mol. The number of aromatic nitrogens is 1. The largest absolute Gasteiger partial charge is 0.490 e. The molecule has 0 spiro atoms. The zero-order valence-corrected chi connectivity index (χ0v) is 24.6. The number of piperidine rings is 1. The van der Waals surface area contributed by atoms with Gasteiger partial charge in [-0.15, -0.1) is 0 Å². The second-order valence-corrected chi connectivity index (χ2v) is 11.5. The van der Waals surface area contributed by atoms with Gasteiger partial charge < -0.3 is 24.8 Å². The number of likely N-dealkylation sites (tertiary alicyclic amines) is 1. The van der Waals surface area contributed by atoms with Gasteiger partial charge in [-0.25, -0.2) is 4.98 Å². The number of benzene rings is 1. The van der Waals surface area contributed by atoms with Gasteiger partial charge in [0.05, 0.1) is 12.6 Å². The fourth-order valence-corrected chi connectivity index (χ4v) is 4.48. The topological polar surface area (TPSA) is 102 Å². The number of nitrogens with one attached hydrogen (secondary N) is 2. The molecule has 1 aliphatic rings. The van der Waals surface area contributed by atoms with Crippen LogP contribution in [0.25, 0.3) is 10.9 Å². The molecular formula is C30H46N4O5. The number of pyridine rings is 1. The minimum absolute atomic E-state index is 0.0273. The summed E-state index contributed by atoms with van der Waals surface area (Å²) in [5.74, 6) is 0.822. The van der Waals surface area contributed by atoms with Crippen molar-refractivity contribution in [3.8, 4) is 11.5 Å². The molecule has 2 atom stereocenters. The third-order valence-electron chi connectivity index (χ3n) is 7.01. The van der Waals surface area contributed by atoms with Crippen molar-refractivity contribution in [1.29, 1.82) is 0 Å². The number of carbonyl (C=O) groups excluding carboxylic acids is 2. The molecular weight excluding hydrogens is 496 g/mol. The molecule has 0 saturated carbocycles. The average molecular weight is 543 g/mol. The normalized spacial score (nSPS) is 17.2. The van der Waals surface area contributed by atoms with Crippen LogP contribution in [0.5, 0.6) is 11.5 Å². The number of rotatable bonds is 12. The summed E-state index contributed by atoms with van der Waals surface area (Å²) >= 11 is 0. The highest BCUT2D eigenvalue weighted by atomic mass is 16.5. The van der Waals surface area contributed by atoms with Gasteiger partial charge in [0.15, 0.2) is 0 Å². The number of ether oxygens (including phenoxy) is 3. The Morgan fingerprint density at radius 1 is 1.15 bits per heavy atom. The first-order valence-electron chi connectivity index (χ1n) is 14.1. The molecule has 39 heavy (non-hydrogen) atoms. The van der Waals surface area contributed by atoms with Crippen LogP contribution in [0.15, 0.2) is 24.3 Å². The van der Waals surface area contributed by atoms with Gasteiger partial charge in [0, 0.05) is 42.6 Å². The van der Waals surface area contributed by atoms with Crippen molar-refractivity contribution in [1.82, 2.24) is 20.5 Å². The van der Waals surface area contributed by atoms with E-state index in [9.17, 15) is 9.59 Å². The minimum Gasteiger partial charge on any atom is -0.490 e. The highest BCUT2D eigenvalue weighted by Gasteiger charge is 2.26. The molecule has 3 rings (SSSR count). The molecule has 2 heterocycles. The average Bonchev–Trinajstić information content (AvgIpc) is 2.90. The lowest BCUT2D eigenvalue weighted by Gasteiger charge is -2.35. The lowest BCUT2D eigenvalue weighted by Crippen LogP contribution is -2.49. The van der Waals surface area contributed by atoms with Gasteiger partial charge in [-0.2, -0.15) is 0 Å². The third-order valence-corrected chi connectivity index (χ3v) is 7.01. The van der Waals surface area contributed by atoms with Gasteiger partial charge in [0.25, 0.3) is 5.91 Å². The van der Waals surface area contributed by atoms with Crippen molar-refractivity contribution < 1.29 is 23.8 Å². The highest BCUT2D eigenvalue weighted by Crippen LogP contribution is 2.32. The molecule has 0 unspecified atom stereocenters. The summed E-state index contributed by atoms with van der Waals surface area (Å²) < 4.78 is 17.4. The molecule has 1 aromatic carbocycles. The molecule has 1 aliphatic heterocycles. The fourth-order valence-electron chi connectivity index (χ4n) is 4.48. The Bertz CT molecular complexity index is 1110. The lowest BCUT2D eigenvalue weighted by atomic mass is 9.95. The maximum absolute atomic E-state index is 13.4. The van der Waals surface area contributed by atoms with E-state index in [1.54, 1.807) is 13.2 Å². The van der Waals surface area contributed by atoms with Gasteiger partial charge in [0.2, 0.25) is 5.91 Å². The smallest absolute Gasteiger partial charge is 0.270 e. The highest BCUT2D eigenvalue weighted by molar-refractivity contribution is 5.98. The molecule has 9 heteroatoms. The summed E-state index contributed by atoms with van der Waals surface area (Å²) in [6.45, 7) is 14.9. The Kier molecular flexibility index (Phi) is 10.9. The van der Waals surface area contributed by atoms with Crippen LogP contribution in [0.4, 0.5) is 0 Å². The van der Waals surface area contributed by atoms with Crippen LogP contribution in [-0.4, -0.2) is 79.8 Å². The van der Waals surface area contributed by atoms with E-state index < -0.39 is 5.41 Å². The predicted octanol–water partition coefficient (Wildman–Crippen LogP) is 4.18. The Labute approximate surface area is 233 Å². The number of hydrogen-bond donors (Lipinski definition) is 2. The van der Waals surface area contributed by atoms with E-state index in [4.69, 9.17) is 19.2 Å². The van der Waals surface area contributed by atoms with Crippen molar-refractivity contribution in [2.24, 2.45) is 5.41 Å². The number of nitrogens with zero attached hydrogens (tertiary/aromatic N) is 2. The van der Waals surface area contributed by atoms with Crippen molar-refractivity contribution in [2.75, 3.05) is 40.0 Å². The number of carbonyl (C=O) groups is 2. The molecule has 1 saturated heterocycles. The molecule has 0 bridgehead atoms. The van der Waals surface area contributed by atoms with E-state index in [0.717, 1.165) is 31.3 Å². The number of amides is 2.